The molecule has 0 aliphatic carbocycles. The number of anilines is 1. The fraction of sp³-hybridized carbons (Fsp3) is 0.286. The van der Waals surface area contributed by atoms with Crippen molar-refractivity contribution in [3.8, 4) is 0 Å². The Balaban J connectivity index is 2.66. The summed E-state index contributed by atoms with van der Waals surface area (Å²) in [5.74, 6) is 0.0405. The number of hydrogen-bond acceptors (Lipinski definition) is 3. The zero-order valence-electron chi connectivity index (χ0n) is 6.64. The summed E-state index contributed by atoms with van der Waals surface area (Å²) >= 11 is 0. The highest BCUT2D eigenvalue weighted by atomic mass is 16.2. The summed E-state index contributed by atoms with van der Waals surface area (Å²) < 4.78 is 0. The first-order valence-corrected chi connectivity index (χ1v) is 3.82. The Labute approximate surface area is 72.0 Å². The molecule has 0 bridgehead atoms. The lowest BCUT2D eigenvalue weighted by atomic mass is 10.1. The van der Waals surface area contributed by atoms with Crippen LogP contribution >= 0.6 is 0 Å². The first-order valence-electron chi connectivity index (χ1n) is 3.82. The van der Waals surface area contributed by atoms with Gasteiger partial charge in [-0.3, -0.25) is 19.6 Å². The molecule has 0 aromatic carbocycles. The van der Waals surface area contributed by atoms with Gasteiger partial charge in [-0.1, -0.05) is 0 Å². The van der Waals surface area contributed by atoms with Crippen LogP contribution in [0.2, 0.25) is 0 Å². The fourth-order valence-corrected chi connectivity index (χ4v) is 1.30. The van der Waals surface area contributed by atoms with E-state index in [1.807, 2.05) is 0 Å². The highest BCUT2D eigenvalue weighted by molar-refractivity contribution is 5.92. The van der Waals surface area contributed by atoms with E-state index in [0.717, 1.165) is 0 Å². The average molecular weight is 181 g/mol. The van der Waals surface area contributed by atoms with Crippen LogP contribution in [0.25, 0.3) is 0 Å². The van der Waals surface area contributed by atoms with Crippen molar-refractivity contribution in [2.75, 3.05) is 5.32 Å². The van der Waals surface area contributed by atoms with Crippen LogP contribution in [0.5, 0.6) is 0 Å². The molecule has 0 spiro atoms. The molecule has 6 heteroatoms. The van der Waals surface area contributed by atoms with E-state index in [1.165, 1.54) is 0 Å². The summed E-state index contributed by atoms with van der Waals surface area (Å²) in [6, 6.07) is 0. The normalized spacial score (nSPS) is 14.9. The number of nitrogens with one attached hydrogen (secondary N) is 3. The Hall–Kier alpha value is -1.85. The number of fused-ring (bicyclic) bond motifs is 1. The van der Waals surface area contributed by atoms with Crippen LogP contribution < -0.4 is 16.6 Å². The Morgan fingerprint density at radius 1 is 1.00 bits per heavy atom. The first kappa shape index (κ1) is 7.78. The third kappa shape index (κ3) is 1.26. The summed E-state index contributed by atoms with van der Waals surface area (Å²) in [5, 5.41) is 2.43. The van der Waals surface area contributed by atoms with Gasteiger partial charge in [0.1, 0.15) is 5.82 Å². The van der Waals surface area contributed by atoms with Crippen LogP contribution in [0.3, 0.4) is 0 Å². The van der Waals surface area contributed by atoms with Gasteiger partial charge >= 0.3 is 5.69 Å². The third-order valence-electron chi connectivity index (χ3n) is 1.91. The zero-order chi connectivity index (χ0) is 9.42. The number of aromatic amines is 2. The van der Waals surface area contributed by atoms with Crippen molar-refractivity contribution in [2.24, 2.45) is 0 Å². The molecule has 6 nitrogen and oxygen atoms in total. The van der Waals surface area contributed by atoms with Gasteiger partial charge in [0.2, 0.25) is 5.91 Å². The predicted molar refractivity (Wildman–Crippen MR) is 44.6 cm³/mol. The van der Waals surface area contributed by atoms with Crippen molar-refractivity contribution >= 4 is 11.7 Å². The largest absolute Gasteiger partial charge is 0.327 e. The molecule has 1 amide bonds. The zero-order valence-corrected chi connectivity index (χ0v) is 6.64. The van der Waals surface area contributed by atoms with Gasteiger partial charge in [0.05, 0.1) is 5.56 Å². The Kier molecular flexibility index (Phi) is 1.54. The number of aromatic nitrogens is 2. The molecule has 1 aliphatic heterocycles. The molecule has 0 fully saturated rings. The van der Waals surface area contributed by atoms with E-state index in [4.69, 9.17) is 0 Å². The molecule has 0 saturated heterocycles. The van der Waals surface area contributed by atoms with Crippen molar-refractivity contribution in [3.63, 3.8) is 0 Å². The third-order valence-corrected chi connectivity index (χ3v) is 1.91. The second-order valence-electron chi connectivity index (χ2n) is 2.81. The monoisotopic (exact) mass is 181 g/mol. The van der Waals surface area contributed by atoms with Crippen molar-refractivity contribution < 1.29 is 4.79 Å². The number of carbonyl (C=O) groups is 1. The van der Waals surface area contributed by atoms with Crippen LogP contribution in [0.15, 0.2) is 9.59 Å². The summed E-state index contributed by atoms with van der Waals surface area (Å²) in [6.07, 6.45) is 0.648. The van der Waals surface area contributed by atoms with E-state index in [2.05, 4.69) is 15.3 Å². The fourth-order valence-electron chi connectivity index (χ4n) is 1.30. The maximum Gasteiger partial charge on any atom is 0.327 e. The van der Waals surface area contributed by atoms with Gasteiger partial charge in [0.25, 0.3) is 5.56 Å². The van der Waals surface area contributed by atoms with Crippen LogP contribution in [-0.2, 0) is 11.2 Å². The van der Waals surface area contributed by atoms with E-state index >= 15 is 0 Å². The quantitative estimate of drug-likeness (QED) is 0.476. The highest BCUT2D eigenvalue weighted by Gasteiger charge is 2.18. The first-order chi connectivity index (χ1) is 6.16. The Morgan fingerprint density at radius 2 is 1.77 bits per heavy atom. The van der Waals surface area contributed by atoms with Gasteiger partial charge in [-0.15, -0.1) is 0 Å². The average Bonchev–Trinajstić information content (AvgIpc) is 2.02. The van der Waals surface area contributed by atoms with Crippen LogP contribution in [0, 0.1) is 0 Å². The second kappa shape index (κ2) is 2.58. The maximum absolute atomic E-state index is 11.2. The van der Waals surface area contributed by atoms with Crippen molar-refractivity contribution in [1.82, 2.24) is 9.97 Å². The number of H-pyrrole nitrogens is 2. The molecule has 3 N–H and O–H groups in total. The molecular formula is C7H7N3O3. The Bertz CT molecular complexity index is 471. The molecule has 2 rings (SSSR count). The second-order valence-corrected chi connectivity index (χ2v) is 2.81. The van der Waals surface area contributed by atoms with Crippen LogP contribution in [0.4, 0.5) is 5.82 Å². The van der Waals surface area contributed by atoms with Gasteiger partial charge in [0.15, 0.2) is 0 Å². The molecule has 0 saturated carbocycles. The number of amides is 1. The summed E-state index contributed by atoms with van der Waals surface area (Å²) in [4.78, 5) is 37.3. The smallest absolute Gasteiger partial charge is 0.312 e. The van der Waals surface area contributed by atoms with E-state index in [9.17, 15) is 14.4 Å². The number of carbonyl (C=O) groups excluding carboxylic acids is 1. The predicted octanol–water partition coefficient (Wildman–Crippen LogP) is -1.05. The van der Waals surface area contributed by atoms with E-state index < -0.39 is 11.2 Å². The lowest BCUT2D eigenvalue weighted by Crippen LogP contribution is -2.32. The van der Waals surface area contributed by atoms with Crippen LogP contribution in [-0.4, -0.2) is 15.9 Å². The minimum Gasteiger partial charge on any atom is -0.312 e. The van der Waals surface area contributed by atoms with Crippen molar-refractivity contribution in [2.45, 2.75) is 12.8 Å². The SMILES string of the molecule is O=C1CCc2c([nH]c(=O)[nH]c2=O)N1. The molecule has 2 heterocycles. The van der Waals surface area contributed by atoms with E-state index in [-0.39, 0.29) is 18.1 Å². The molecule has 1 aromatic rings. The molecule has 68 valence electrons. The molecule has 1 aromatic heterocycles. The standard InChI is InChI=1S/C7H7N3O3/c11-4-2-1-3-5(8-4)9-7(13)10-6(3)12/h1-2H2,(H3,8,9,10,11,12,13). The van der Waals surface area contributed by atoms with E-state index in [1.54, 1.807) is 0 Å². The summed E-state index contributed by atoms with van der Waals surface area (Å²) in [5.41, 5.74) is -0.607. The number of hydrogen-bond donors (Lipinski definition) is 3. The van der Waals surface area contributed by atoms with Crippen molar-refractivity contribution in [1.29, 1.82) is 0 Å². The van der Waals surface area contributed by atoms with Gasteiger partial charge in [-0.2, -0.15) is 0 Å². The van der Waals surface area contributed by atoms with Crippen molar-refractivity contribution in [3.05, 3.63) is 26.4 Å². The topological polar surface area (TPSA) is 94.8 Å². The number of rotatable bonds is 0. The summed E-state index contributed by atoms with van der Waals surface area (Å²) in [7, 11) is 0. The molecular weight excluding hydrogens is 174 g/mol. The minimum atomic E-state index is -0.606. The molecule has 1 aliphatic rings. The summed E-state index contributed by atoms with van der Waals surface area (Å²) in [6.45, 7) is 0. The van der Waals surface area contributed by atoms with E-state index in [0.29, 0.717) is 12.0 Å². The van der Waals surface area contributed by atoms with Crippen LogP contribution in [0.1, 0.15) is 12.0 Å². The maximum atomic E-state index is 11.2. The lowest BCUT2D eigenvalue weighted by molar-refractivity contribution is -0.116. The van der Waals surface area contributed by atoms with Gasteiger partial charge in [-0.05, 0) is 6.42 Å². The molecule has 13 heavy (non-hydrogen) atoms. The van der Waals surface area contributed by atoms with Gasteiger partial charge < -0.3 is 5.32 Å². The van der Waals surface area contributed by atoms with Gasteiger partial charge in [0, 0.05) is 6.42 Å². The Morgan fingerprint density at radius 3 is 2.54 bits per heavy atom. The molecule has 0 atom stereocenters. The molecule has 0 radical (unpaired) electrons. The highest BCUT2D eigenvalue weighted by Crippen LogP contribution is 2.13. The molecule has 0 unspecified atom stereocenters. The van der Waals surface area contributed by atoms with Gasteiger partial charge in [-0.25, -0.2) is 4.79 Å². The minimum absolute atomic E-state index is 0.186. The lowest BCUT2D eigenvalue weighted by Gasteiger charge is -2.13.